The van der Waals surface area contributed by atoms with Crippen LogP contribution < -0.4 is 10.5 Å². The number of nitrogen functional groups attached to an aromatic ring is 1. The smallest absolute Gasteiger partial charge is 0.262 e. The molecule has 2 aromatic rings. The molecule has 0 atom stereocenters. The van der Waals surface area contributed by atoms with Crippen LogP contribution in [0.5, 0.6) is 0 Å². The Bertz CT molecular complexity index is 768. The van der Waals surface area contributed by atoms with E-state index in [1.807, 2.05) is 0 Å². The van der Waals surface area contributed by atoms with Gasteiger partial charge in [0.2, 0.25) is 0 Å². The minimum absolute atomic E-state index is 0.0318. The van der Waals surface area contributed by atoms with E-state index in [1.165, 1.54) is 24.3 Å². The third kappa shape index (κ3) is 3.23. The number of nitrogens with one attached hydrogen (secondary N) is 1. The van der Waals surface area contributed by atoms with E-state index in [-0.39, 0.29) is 21.3 Å². The molecule has 0 heterocycles. The summed E-state index contributed by atoms with van der Waals surface area (Å²) < 4.78 is 39.9. The molecule has 0 saturated carbocycles. The number of hydrogen-bond donors (Lipinski definition) is 2. The Morgan fingerprint density at radius 2 is 1.90 bits per heavy atom. The summed E-state index contributed by atoms with van der Waals surface area (Å²) in [5.74, 6) is -0.476. The molecule has 106 valence electrons. The maximum Gasteiger partial charge on any atom is 0.262 e. The van der Waals surface area contributed by atoms with Crippen molar-refractivity contribution >= 4 is 48.9 Å². The molecule has 0 unspecified atom stereocenters. The molecule has 20 heavy (non-hydrogen) atoms. The second-order valence-corrected chi connectivity index (χ2v) is 6.86. The van der Waals surface area contributed by atoms with Gasteiger partial charge in [-0.25, -0.2) is 12.8 Å². The molecule has 0 aliphatic rings. The Kier molecular flexibility index (Phi) is 4.22. The summed E-state index contributed by atoms with van der Waals surface area (Å²) in [5, 5.41) is 0.270. The normalized spacial score (nSPS) is 11.3. The van der Waals surface area contributed by atoms with Crippen LogP contribution in [0.3, 0.4) is 0 Å². The lowest BCUT2D eigenvalue weighted by Gasteiger charge is -2.10. The lowest BCUT2D eigenvalue weighted by atomic mass is 10.3. The van der Waals surface area contributed by atoms with E-state index in [0.29, 0.717) is 4.47 Å². The summed E-state index contributed by atoms with van der Waals surface area (Å²) in [6.07, 6.45) is 0. The molecule has 0 fully saturated rings. The number of rotatable bonds is 3. The lowest BCUT2D eigenvalue weighted by molar-refractivity contribution is 0.601. The molecule has 4 nitrogen and oxygen atoms in total. The highest BCUT2D eigenvalue weighted by molar-refractivity contribution is 9.10. The van der Waals surface area contributed by atoms with E-state index in [4.69, 9.17) is 17.3 Å². The number of hydrogen-bond acceptors (Lipinski definition) is 3. The van der Waals surface area contributed by atoms with Crippen molar-refractivity contribution in [1.82, 2.24) is 0 Å². The standard InChI is InChI=1S/C12H9BrClFN2O2S/c13-9-5-7(15)1-4-12(9)17-20(18,19)8-2-3-10(14)11(16)6-8/h1-6,17H,16H2. The molecule has 0 saturated heterocycles. The lowest BCUT2D eigenvalue weighted by Crippen LogP contribution is -2.13. The quantitative estimate of drug-likeness (QED) is 0.800. The van der Waals surface area contributed by atoms with Gasteiger partial charge in [-0.05, 0) is 52.3 Å². The largest absolute Gasteiger partial charge is 0.397 e. The zero-order chi connectivity index (χ0) is 14.9. The molecule has 0 aromatic heterocycles. The van der Waals surface area contributed by atoms with Crippen LogP contribution in [0.1, 0.15) is 0 Å². The highest BCUT2D eigenvalue weighted by Gasteiger charge is 2.17. The highest BCUT2D eigenvalue weighted by atomic mass is 79.9. The third-order valence-electron chi connectivity index (χ3n) is 2.45. The fraction of sp³-hybridized carbons (Fsp3) is 0. The summed E-state index contributed by atoms with van der Waals surface area (Å²) >= 11 is 8.83. The minimum atomic E-state index is -3.83. The molecule has 0 aliphatic heterocycles. The maximum absolute atomic E-state index is 13.0. The first kappa shape index (κ1) is 15.1. The maximum atomic E-state index is 13.0. The van der Waals surface area contributed by atoms with E-state index in [2.05, 4.69) is 20.7 Å². The van der Waals surface area contributed by atoms with Gasteiger partial charge in [-0.1, -0.05) is 11.6 Å². The minimum Gasteiger partial charge on any atom is -0.397 e. The zero-order valence-corrected chi connectivity index (χ0v) is 13.1. The average molecular weight is 380 g/mol. The summed E-state index contributed by atoms with van der Waals surface area (Å²) in [5.41, 5.74) is 5.96. The summed E-state index contributed by atoms with van der Waals surface area (Å²) in [7, 11) is -3.83. The van der Waals surface area contributed by atoms with Gasteiger partial charge in [-0.3, -0.25) is 4.72 Å². The van der Waals surface area contributed by atoms with E-state index < -0.39 is 15.8 Å². The van der Waals surface area contributed by atoms with Gasteiger partial charge in [0.1, 0.15) is 5.82 Å². The van der Waals surface area contributed by atoms with Crippen molar-refractivity contribution in [2.45, 2.75) is 4.90 Å². The van der Waals surface area contributed by atoms with Crippen molar-refractivity contribution in [3.8, 4) is 0 Å². The number of nitrogens with two attached hydrogens (primary N) is 1. The van der Waals surface area contributed by atoms with Crippen molar-refractivity contribution in [3.63, 3.8) is 0 Å². The Morgan fingerprint density at radius 1 is 1.20 bits per heavy atom. The Labute approximate surface area is 128 Å². The van der Waals surface area contributed by atoms with Gasteiger partial charge in [-0.2, -0.15) is 0 Å². The Morgan fingerprint density at radius 3 is 2.50 bits per heavy atom. The molecular weight excluding hydrogens is 371 g/mol. The SMILES string of the molecule is Nc1cc(S(=O)(=O)Nc2ccc(F)cc2Br)ccc1Cl. The van der Waals surface area contributed by atoms with Gasteiger partial charge < -0.3 is 5.73 Å². The molecule has 0 radical (unpaired) electrons. The second-order valence-electron chi connectivity index (χ2n) is 3.91. The van der Waals surface area contributed by atoms with Crippen LogP contribution in [0.15, 0.2) is 45.8 Å². The molecule has 8 heteroatoms. The van der Waals surface area contributed by atoms with Crippen LogP contribution in [0.4, 0.5) is 15.8 Å². The number of benzene rings is 2. The van der Waals surface area contributed by atoms with Crippen LogP contribution in [0.2, 0.25) is 5.02 Å². The number of sulfonamides is 1. The predicted octanol–water partition coefficient (Wildman–Crippen LogP) is 3.62. The number of halogens is 3. The molecule has 0 spiro atoms. The van der Waals surface area contributed by atoms with Crippen LogP contribution >= 0.6 is 27.5 Å². The first-order valence-corrected chi connectivity index (χ1v) is 7.98. The highest BCUT2D eigenvalue weighted by Crippen LogP contribution is 2.27. The second kappa shape index (κ2) is 5.59. The van der Waals surface area contributed by atoms with Crippen LogP contribution in [0, 0.1) is 5.82 Å². The predicted molar refractivity (Wildman–Crippen MR) is 80.8 cm³/mol. The van der Waals surface area contributed by atoms with E-state index in [9.17, 15) is 12.8 Å². The molecule has 2 aromatic carbocycles. The monoisotopic (exact) mass is 378 g/mol. The first-order valence-electron chi connectivity index (χ1n) is 5.32. The average Bonchev–Trinajstić information content (AvgIpc) is 2.36. The van der Waals surface area contributed by atoms with Gasteiger partial charge in [0.25, 0.3) is 10.0 Å². The fourth-order valence-electron chi connectivity index (χ4n) is 1.46. The topological polar surface area (TPSA) is 72.2 Å². The molecule has 2 rings (SSSR count). The Hall–Kier alpha value is -1.31. The van der Waals surface area contributed by atoms with E-state index in [0.717, 1.165) is 12.1 Å². The number of anilines is 2. The fourth-order valence-corrected chi connectivity index (χ4v) is 3.28. The zero-order valence-electron chi connectivity index (χ0n) is 9.90. The summed E-state index contributed by atoms with van der Waals surface area (Å²) in [6.45, 7) is 0. The van der Waals surface area contributed by atoms with Crippen LogP contribution in [-0.4, -0.2) is 8.42 Å². The van der Waals surface area contributed by atoms with Crippen LogP contribution in [-0.2, 0) is 10.0 Å². The first-order chi connectivity index (χ1) is 9.29. The van der Waals surface area contributed by atoms with Crippen molar-refractivity contribution in [1.29, 1.82) is 0 Å². The van der Waals surface area contributed by atoms with E-state index >= 15 is 0 Å². The van der Waals surface area contributed by atoms with Crippen molar-refractivity contribution in [3.05, 3.63) is 51.7 Å². The summed E-state index contributed by atoms with van der Waals surface area (Å²) in [6, 6.07) is 7.61. The molecule has 0 amide bonds. The van der Waals surface area contributed by atoms with Gasteiger partial charge in [-0.15, -0.1) is 0 Å². The van der Waals surface area contributed by atoms with Crippen molar-refractivity contribution < 1.29 is 12.8 Å². The van der Waals surface area contributed by atoms with Crippen LogP contribution in [0.25, 0.3) is 0 Å². The van der Waals surface area contributed by atoms with E-state index in [1.54, 1.807) is 0 Å². The van der Waals surface area contributed by atoms with Gasteiger partial charge in [0.15, 0.2) is 0 Å². The third-order valence-corrected chi connectivity index (χ3v) is 4.82. The molecule has 0 bridgehead atoms. The van der Waals surface area contributed by atoms with Gasteiger partial charge >= 0.3 is 0 Å². The summed E-state index contributed by atoms with van der Waals surface area (Å²) in [4.78, 5) is -0.0318. The van der Waals surface area contributed by atoms with Gasteiger partial charge in [0.05, 0.1) is 21.3 Å². The Balaban J connectivity index is 2.38. The molecule has 3 N–H and O–H groups in total. The molecular formula is C12H9BrClFN2O2S. The van der Waals surface area contributed by atoms with Gasteiger partial charge in [0, 0.05) is 4.47 Å². The van der Waals surface area contributed by atoms with Crippen molar-refractivity contribution in [2.24, 2.45) is 0 Å². The van der Waals surface area contributed by atoms with Crippen molar-refractivity contribution in [2.75, 3.05) is 10.5 Å². The molecule has 0 aliphatic carbocycles.